The Bertz CT molecular complexity index is 639. The van der Waals surface area contributed by atoms with E-state index in [4.69, 9.17) is 0 Å². The molecule has 0 saturated carbocycles. The van der Waals surface area contributed by atoms with Crippen molar-refractivity contribution in [2.75, 3.05) is 6.54 Å². The molecule has 0 aliphatic heterocycles. The van der Waals surface area contributed by atoms with Crippen LogP contribution in [0.2, 0.25) is 0 Å². The lowest BCUT2D eigenvalue weighted by Crippen LogP contribution is -2.41. The normalized spacial score (nSPS) is 11.8. The number of rotatable bonds is 6. The highest BCUT2D eigenvalue weighted by Gasteiger charge is 2.23. The topological polar surface area (TPSA) is 58.2 Å². The Labute approximate surface area is 136 Å². The number of nitrogens with one attached hydrogen (secondary N) is 2. The van der Waals surface area contributed by atoms with Crippen LogP contribution in [-0.2, 0) is 4.79 Å². The van der Waals surface area contributed by atoms with Gasteiger partial charge in [-0.25, -0.2) is 0 Å². The molecule has 0 radical (unpaired) electrons. The fraction of sp³-hybridized carbons (Fsp3) is 0.263. The molecule has 2 N–H and O–H groups in total. The van der Waals surface area contributed by atoms with Gasteiger partial charge >= 0.3 is 0 Å². The van der Waals surface area contributed by atoms with Crippen LogP contribution in [0.4, 0.5) is 0 Å². The van der Waals surface area contributed by atoms with Crippen LogP contribution in [0.1, 0.15) is 35.8 Å². The van der Waals surface area contributed by atoms with Crippen molar-refractivity contribution in [3.05, 3.63) is 71.8 Å². The molecule has 120 valence electrons. The fourth-order valence-electron chi connectivity index (χ4n) is 2.16. The van der Waals surface area contributed by atoms with Gasteiger partial charge in [-0.2, -0.15) is 0 Å². The van der Waals surface area contributed by atoms with Crippen molar-refractivity contribution in [2.45, 2.75) is 19.9 Å². The van der Waals surface area contributed by atoms with E-state index in [1.165, 1.54) is 0 Å². The molecule has 23 heavy (non-hydrogen) atoms. The molecule has 0 aliphatic rings. The zero-order valence-corrected chi connectivity index (χ0v) is 13.5. The van der Waals surface area contributed by atoms with E-state index < -0.39 is 6.04 Å². The van der Waals surface area contributed by atoms with Crippen molar-refractivity contribution < 1.29 is 9.59 Å². The van der Waals surface area contributed by atoms with Gasteiger partial charge in [-0.05, 0) is 23.6 Å². The van der Waals surface area contributed by atoms with E-state index in [0.717, 1.165) is 5.56 Å². The van der Waals surface area contributed by atoms with Crippen LogP contribution in [0.5, 0.6) is 0 Å². The fourth-order valence-corrected chi connectivity index (χ4v) is 2.16. The van der Waals surface area contributed by atoms with Gasteiger partial charge in [0, 0.05) is 12.1 Å². The minimum atomic E-state index is -0.706. The van der Waals surface area contributed by atoms with Crippen molar-refractivity contribution in [1.82, 2.24) is 10.6 Å². The molecule has 2 rings (SSSR count). The van der Waals surface area contributed by atoms with E-state index in [9.17, 15) is 9.59 Å². The van der Waals surface area contributed by atoms with Crippen LogP contribution >= 0.6 is 0 Å². The summed E-state index contributed by atoms with van der Waals surface area (Å²) in [4.78, 5) is 24.9. The second-order valence-electron chi connectivity index (χ2n) is 5.82. The number of carbonyl (C=O) groups excluding carboxylic acids is 2. The summed E-state index contributed by atoms with van der Waals surface area (Å²) in [5, 5.41) is 5.71. The zero-order valence-electron chi connectivity index (χ0n) is 13.5. The lowest BCUT2D eigenvalue weighted by Gasteiger charge is -2.19. The predicted octanol–water partition coefficient (Wildman–Crippen LogP) is 2.93. The minimum Gasteiger partial charge on any atom is -0.354 e. The smallest absolute Gasteiger partial charge is 0.252 e. The van der Waals surface area contributed by atoms with E-state index in [0.29, 0.717) is 18.0 Å². The third-order valence-corrected chi connectivity index (χ3v) is 3.39. The van der Waals surface area contributed by atoms with Crippen LogP contribution in [0.25, 0.3) is 0 Å². The number of hydrogen-bond acceptors (Lipinski definition) is 2. The predicted molar refractivity (Wildman–Crippen MR) is 90.9 cm³/mol. The molecular weight excluding hydrogens is 288 g/mol. The maximum Gasteiger partial charge on any atom is 0.252 e. The summed E-state index contributed by atoms with van der Waals surface area (Å²) in [5.41, 5.74) is 1.29. The lowest BCUT2D eigenvalue weighted by atomic mass is 10.0. The number of carbonyl (C=O) groups is 2. The molecule has 0 aromatic heterocycles. The van der Waals surface area contributed by atoms with Crippen LogP contribution in [0.3, 0.4) is 0 Å². The first kappa shape index (κ1) is 16.7. The summed E-state index contributed by atoms with van der Waals surface area (Å²) in [6.45, 7) is 4.63. The van der Waals surface area contributed by atoms with Crippen LogP contribution in [-0.4, -0.2) is 18.4 Å². The molecule has 4 nitrogen and oxygen atoms in total. The van der Waals surface area contributed by atoms with E-state index in [1.807, 2.05) is 50.2 Å². The molecule has 2 amide bonds. The van der Waals surface area contributed by atoms with Gasteiger partial charge in [0.15, 0.2) is 0 Å². The molecular formula is C19H22N2O2. The molecule has 0 aliphatic carbocycles. The van der Waals surface area contributed by atoms with Gasteiger partial charge in [-0.1, -0.05) is 62.4 Å². The quantitative estimate of drug-likeness (QED) is 0.862. The largest absolute Gasteiger partial charge is 0.354 e. The van der Waals surface area contributed by atoms with Gasteiger partial charge in [0.05, 0.1) is 0 Å². The Morgan fingerprint density at radius 2 is 1.48 bits per heavy atom. The third kappa shape index (κ3) is 4.95. The van der Waals surface area contributed by atoms with Crippen molar-refractivity contribution >= 4 is 11.8 Å². The van der Waals surface area contributed by atoms with Gasteiger partial charge in [0.2, 0.25) is 5.91 Å². The van der Waals surface area contributed by atoms with Gasteiger partial charge in [0.25, 0.3) is 5.91 Å². The van der Waals surface area contributed by atoms with Crippen molar-refractivity contribution in [2.24, 2.45) is 5.92 Å². The summed E-state index contributed by atoms with van der Waals surface area (Å²) in [6.07, 6.45) is 0. The first-order valence-electron chi connectivity index (χ1n) is 7.76. The van der Waals surface area contributed by atoms with E-state index in [-0.39, 0.29) is 11.8 Å². The molecule has 0 bridgehead atoms. The summed E-state index contributed by atoms with van der Waals surface area (Å²) in [5.74, 6) is -0.117. The van der Waals surface area contributed by atoms with E-state index >= 15 is 0 Å². The molecule has 2 aromatic rings. The first-order valence-corrected chi connectivity index (χ1v) is 7.76. The molecule has 4 heteroatoms. The monoisotopic (exact) mass is 310 g/mol. The standard InChI is InChI=1S/C19H22N2O2/c1-14(2)13-20-19(23)17(15-9-5-3-6-10-15)21-18(22)16-11-7-4-8-12-16/h3-12,14,17H,13H2,1-2H3,(H,20,23)(H,21,22)/t17-/m1/s1. The number of hydrogen-bond donors (Lipinski definition) is 2. The Morgan fingerprint density at radius 1 is 0.913 bits per heavy atom. The Balaban J connectivity index is 2.17. The van der Waals surface area contributed by atoms with E-state index in [2.05, 4.69) is 10.6 Å². The van der Waals surface area contributed by atoms with Crippen molar-refractivity contribution in [1.29, 1.82) is 0 Å². The third-order valence-electron chi connectivity index (χ3n) is 3.39. The molecule has 1 atom stereocenters. The van der Waals surface area contributed by atoms with E-state index in [1.54, 1.807) is 24.3 Å². The highest BCUT2D eigenvalue weighted by molar-refractivity contribution is 5.97. The van der Waals surface area contributed by atoms with Gasteiger partial charge < -0.3 is 10.6 Å². The first-order chi connectivity index (χ1) is 11.1. The molecule has 0 unspecified atom stereocenters. The maximum absolute atomic E-state index is 12.5. The summed E-state index contributed by atoms with van der Waals surface area (Å²) < 4.78 is 0. The average Bonchev–Trinajstić information content (AvgIpc) is 2.59. The summed E-state index contributed by atoms with van der Waals surface area (Å²) >= 11 is 0. The Hall–Kier alpha value is -2.62. The number of benzene rings is 2. The Kier molecular flexibility index (Phi) is 5.92. The van der Waals surface area contributed by atoms with Crippen LogP contribution in [0.15, 0.2) is 60.7 Å². The molecule has 0 fully saturated rings. The zero-order chi connectivity index (χ0) is 16.7. The lowest BCUT2D eigenvalue weighted by molar-refractivity contribution is -0.123. The van der Waals surface area contributed by atoms with Crippen molar-refractivity contribution in [3.8, 4) is 0 Å². The molecule has 0 saturated heterocycles. The highest BCUT2D eigenvalue weighted by atomic mass is 16.2. The minimum absolute atomic E-state index is 0.200. The Morgan fingerprint density at radius 3 is 2.04 bits per heavy atom. The van der Waals surface area contributed by atoms with Crippen molar-refractivity contribution in [3.63, 3.8) is 0 Å². The second-order valence-corrected chi connectivity index (χ2v) is 5.82. The second kappa shape index (κ2) is 8.13. The number of amides is 2. The highest BCUT2D eigenvalue weighted by Crippen LogP contribution is 2.14. The maximum atomic E-state index is 12.5. The van der Waals surface area contributed by atoms with Gasteiger partial charge in [0.1, 0.15) is 6.04 Å². The van der Waals surface area contributed by atoms with Gasteiger partial charge in [-0.15, -0.1) is 0 Å². The molecule has 2 aromatic carbocycles. The average molecular weight is 310 g/mol. The van der Waals surface area contributed by atoms with Crippen LogP contribution in [0, 0.1) is 5.92 Å². The molecule has 0 spiro atoms. The SMILES string of the molecule is CC(C)CNC(=O)[C@H](NC(=O)c1ccccc1)c1ccccc1. The van der Waals surface area contributed by atoms with Crippen LogP contribution < -0.4 is 10.6 Å². The van der Waals surface area contributed by atoms with Gasteiger partial charge in [-0.3, -0.25) is 9.59 Å². The molecule has 0 heterocycles. The summed E-state index contributed by atoms with van der Waals surface area (Å²) in [6, 6.07) is 17.5. The summed E-state index contributed by atoms with van der Waals surface area (Å²) in [7, 11) is 0.